The molecule has 2 aromatic rings. The summed E-state index contributed by atoms with van der Waals surface area (Å²) in [4.78, 5) is 12.1. The second-order valence-electron chi connectivity index (χ2n) is 6.81. The minimum absolute atomic E-state index is 0.0708. The molecule has 1 fully saturated rings. The highest BCUT2D eigenvalue weighted by molar-refractivity contribution is 7.89. The molecule has 0 bridgehead atoms. The van der Waals surface area contributed by atoms with Crippen molar-refractivity contribution < 1.29 is 17.6 Å². The molecular weight excluding hydrogens is 367 g/mol. The van der Waals surface area contributed by atoms with Gasteiger partial charge in [-0.2, -0.15) is 4.31 Å². The van der Waals surface area contributed by atoms with Crippen molar-refractivity contribution >= 4 is 15.9 Å². The number of carbonyl (C=O) groups excluding carboxylic acids is 1. The number of hydrogen-bond acceptors (Lipinski definition) is 3. The van der Waals surface area contributed by atoms with Crippen molar-refractivity contribution in [2.75, 3.05) is 13.1 Å². The molecule has 0 atom stereocenters. The van der Waals surface area contributed by atoms with E-state index in [1.807, 2.05) is 31.2 Å². The first kappa shape index (κ1) is 19.5. The molecule has 1 aliphatic heterocycles. The Kier molecular flexibility index (Phi) is 5.92. The smallest absolute Gasteiger partial charge is 0.245 e. The highest BCUT2D eigenvalue weighted by Crippen LogP contribution is 2.25. The Hall–Kier alpha value is -2.25. The Morgan fingerprint density at radius 3 is 2.37 bits per heavy atom. The minimum Gasteiger partial charge on any atom is -0.352 e. The second kappa shape index (κ2) is 8.19. The zero-order valence-corrected chi connectivity index (χ0v) is 16.0. The van der Waals surface area contributed by atoms with Crippen LogP contribution < -0.4 is 5.32 Å². The molecule has 1 N–H and O–H groups in total. The third-order valence-corrected chi connectivity index (χ3v) is 6.80. The normalized spacial score (nSPS) is 16.2. The number of sulfonamides is 1. The van der Waals surface area contributed by atoms with Gasteiger partial charge in [0.05, 0.1) is 0 Å². The number of benzene rings is 2. The van der Waals surface area contributed by atoms with Gasteiger partial charge in [0.1, 0.15) is 10.7 Å². The molecule has 0 aliphatic carbocycles. The van der Waals surface area contributed by atoms with Crippen LogP contribution in [-0.4, -0.2) is 31.7 Å². The number of aryl methyl sites for hydroxylation is 1. The van der Waals surface area contributed by atoms with Crippen LogP contribution in [0.4, 0.5) is 4.39 Å². The van der Waals surface area contributed by atoms with Gasteiger partial charge in [-0.1, -0.05) is 42.0 Å². The number of nitrogens with one attached hydrogen (secondary N) is 1. The lowest BCUT2D eigenvalue weighted by atomic mass is 9.97. The van der Waals surface area contributed by atoms with Gasteiger partial charge in [-0.25, -0.2) is 12.8 Å². The van der Waals surface area contributed by atoms with E-state index in [0.717, 1.165) is 17.2 Å². The molecule has 27 heavy (non-hydrogen) atoms. The molecule has 3 rings (SSSR count). The van der Waals surface area contributed by atoms with Gasteiger partial charge in [0, 0.05) is 25.6 Å². The summed E-state index contributed by atoms with van der Waals surface area (Å²) in [5.74, 6) is -1.06. The van der Waals surface area contributed by atoms with Crippen LogP contribution in [0, 0.1) is 18.7 Å². The summed E-state index contributed by atoms with van der Waals surface area (Å²) in [6.45, 7) is 2.87. The van der Waals surface area contributed by atoms with Crippen molar-refractivity contribution in [2.45, 2.75) is 31.2 Å². The SMILES string of the molecule is Cc1ccc(CNC(=O)C2CCN(S(=O)(=O)c3ccccc3F)CC2)cc1. The predicted octanol–water partition coefficient (Wildman–Crippen LogP) is 2.85. The zero-order chi connectivity index (χ0) is 19.4. The van der Waals surface area contributed by atoms with Crippen LogP contribution in [0.25, 0.3) is 0 Å². The van der Waals surface area contributed by atoms with Crippen molar-refractivity contribution in [1.29, 1.82) is 0 Å². The van der Waals surface area contributed by atoms with Crippen molar-refractivity contribution in [1.82, 2.24) is 9.62 Å². The lowest BCUT2D eigenvalue weighted by molar-refractivity contribution is -0.126. The number of rotatable bonds is 5. The number of hydrogen-bond donors (Lipinski definition) is 1. The average molecular weight is 390 g/mol. The molecule has 0 radical (unpaired) electrons. The lowest BCUT2D eigenvalue weighted by Gasteiger charge is -2.30. The van der Waals surface area contributed by atoms with Crippen LogP contribution in [0.2, 0.25) is 0 Å². The second-order valence-corrected chi connectivity index (χ2v) is 8.72. The zero-order valence-electron chi connectivity index (χ0n) is 15.2. The summed E-state index contributed by atoms with van der Waals surface area (Å²) in [5.41, 5.74) is 2.18. The van der Waals surface area contributed by atoms with E-state index in [1.54, 1.807) is 0 Å². The molecule has 1 saturated heterocycles. The number of halogens is 1. The third kappa shape index (κ3) is 4.54. The molecule has 144 valence electrons. The fourth-order valence-electron chi connectivity index (χ4n) is 3.19. The molecule has 5 nitrogen and oxygen atoms in total. The van der Waals surface area contributed by atoms with Crippen LogP contribution in [0.3, 0.4) is 0 Å². The van der Waals surface area contributed by atoms with E-state index in [2.05, 4.69) is 5.32 Å². The lowest BCUT2D eigenvalue weighted by Crippen LogP contribution is -2.43. The largest absolute Gasteiger partial charge is 0.352 e. The number of carbonyl (C=O) groups is 1. The Morgan fingerprint density at radius 1 is 1.11 bits per heavy atom. The highest BCUT2D eigenvalue weighted by Gasteiger charge is 2.33. The summed E-state index contributed by atoms with van der Waals surface area (Å²) in [7, 11) is -3.87. The first-order valence-corrected chi connectivity index (χ1v) is 10.4. The van der Waals surface area contributed by atoms with Gasteiger partial charge < -0.3 is 5.32 Å². The van der Waals surface area contributed by atoms with Crippen molar-refractivity contribution in [3.63, 3.8) is 0 Å². The standard InChI is InChI=1S/C20H23FN2O3S/c1-15-6-8-16(9-7-15)14-22-20(24)17-10-12-23(13-11-17)27(25,26)19-5-3-2-4-18(19)21/h2-9,17H,10-14H2,1H3,(H,22,24). The van der Waals surface area contributed by atoms with E-state index in [1.165, 1.54) is 22.5 Å². The van der Waals surface area contributed by atoms with Crippen LogP contribution in [0.15, 0.2) is 53.4 Å². The molecule has 7 heteroatoms. The van der Waals surface area contributed by atoms with E-state index in [4.69, 9.17) is 0 Å². The summed E-state index contributed by atoms with van der Waals surface area (Å²) in [6, 6.07) is 13.3. The molecule has 1 aliphatic rings. The fraction of sp³-hybridized carbons (Fsp3) is 0.350. The van der Waals surface area contributed by atoms with Gasteiger partial charge >= 0.3 is 0 Å². The number of piperidine rings is 1. The maximum atomic E-state index is 13.9. The monoisotopic (exact) mass is 390 g/mol. The molecule has 0 aromatic heterocycles. The van der Waals surface area contributed by atoms with Crippen molar-refractivity contribution in [3.05, 3.63) is 65.5 Å². The molecule has 1 heterocycles. The van der Waals surface area contributed by atoms with Crippen LogP contribution >= 0.6 is 0 Å². The minimum atomic E-state index is -3.87. The Labute approximate surface area is 159 Å². The summed E-state index contributed by atoms with van der Waals surface area (Å²) < 4.78 is 40.3. The van der Waals surface area contributed by atoms with Gasteiger partial charge in [0.15, 0.2) is 0 Å². The number of nitrogens with zero attached hydrogens (tertiary/aromatic N) is 1. The van der Waals surface area contributed by atoms with Gasteiger partial charge in [0.25, 0.3) is 0 Å². The van der Waals surface area contributed by atoms with E-state index in [-0.39, 0.29) is 29.8 Å². The summed E-state index contributed by atoms with van der Waals surface area (Å²) >= 11 is 0. The molecular formula is C20H23FN2O3S. The van der Waals surface area contributed by atoms with Gasteiger partial charge in [-0.15, -0.1) is 0 Å². The fourth-order valence-corrected chi connectivity index (χ4v) is 4.73. The molecule has 0 saturated carbocycles. The molecule has 1 amide bonds. The van der Waals surface area contributed by atoms with E-state index >= 15 is 0 Å². The van der Waals surface area contributed by atoms with Gasteiger partial charge in [-0.05, 0) is 37.5 Å². The Balaban J connectivity index is 1.56. The summed E-state index contributed by atoms with van der Waals surface area (Å²) in [6.07, 6.45) is 0.848. The maximum Gasteiger partial charge on any atom is 0.245 e. The molecule has 0 unspecified atom stereocenters. The highest BCUT2D eigenvalue weighted by atomic mass is 32.2. The first-order chi connectivity index (χ1) is 12.9. The Morgan fingerprint density at radius 2 is 1.74 bits per heavy atom. The Bertz CT molecular complexity index is 905. The topological polar surface area (TPSA) is 66.5 Å². The average Bonchev–Trinajstić information content (AvgIpc) is 2.67. The first-order valence-electron chi connectivity index (χ1n) is 8.96. The number of amides is 1. The van der Waals surface area contributed by atoms with Gasteiger partial charge in [0.2, 0.25) is 15.9 Å². The third-order valence-electron chi connectivity index (χ3n) is 4.87. The van der Waals surface area contributed by atoms with Crippen molar-refractivity contribution in [2.24, 2.45) is 5.92 Å². The quantitative estimate of drug-likeness (QED) is 0.854. The van der Waals surface area contributed by atoms with Crippen molar-refractivity contribution in [3.8, 4) is 0 Å². The van der Waals surface area contributed by atoms with E-state index < -0.39 is 15.8 Å². The maximum absolute atomic E-state index is 13.9. The molecule has 0 spiro atoms. The van der Waals surface area contributed by atoms with Crippen LogP contribution in [-0.2, 0) is 21.4 Å². The molecule has 2 aromatic carbocycles. The van der Waals surface area contributed by atoms with E-state index in [9.17, 15) is 17.6 Å². The summed E-state index contributed by atoms with van der Waals surface area (Å²) in [5, 5.41) is 2.92. The van der Waals surface area contributed by atoms with Crippen LogP contribution in [0.1, 0.15) is 24.0 Å². The van der Waals surface area contributed by atoms with E-state index in [0.29, 0.717) is 19.4 Å². The van der Waals surface area contributed by atoms with Gasteiger partial charge in [-0.3, -0.25) is 4.79 Å². The predicted molar refractivity (Wildman–Crippen MR) is 101 cm³/mol. The van der Waals surface area contributed by atoms with Crippen LogP contribution in [0.5, 0.6) is 0 Å².